The summed E-state index contributed by atoms with van der Waals surface area (Å²) in [4.78, 5) is 25.3. The molecule has 3 rings (SSSR count). The van der Waals surface area contributed by atoms with E-state index in [0.717, 1.165) is 30.7 Å². The second-order valence-electron chi connectivity index (χ2n) is 5.98. The third kappa shape index (κ3) is 2.80. The van der Waals surface area contributed by atoms with E-state index in [0.29, 0.717) is 13.0 Å². The van der Waals surface area contributed by atoms with E-state index in [1.54, 1.807) is 0 Å². The molecule has 0 spiro atoms. The summed E-state index contributed by atoms with van der Waals surface area (Å²) in [5.41, 5.74) is 1.10. The minimum absolute atomic E-state index is 0.00350. The fourth-order valence-corrected chi connectivity index (χ4v) is 3.28. The van der Waals surface area contributed by atoms with Gasteiger partial charge in [-0.25, -0.2) is 0 Å². The van der Waals surface area contributed by atoms with Gasteiger partial charge in [-0.05, 0) is 43.9 Å². The van der Waals surface area contributed by atoms with Crippen LogP contribution in [-0.2, 0) is 9.59 Å². The standard InChI is InChI=1S/C17H21NO4/c1-2-22-12-7-5-11(6-8-12)15-4-3-9-18(15)16(19)13-10-14(13)17(20)21/h5-8,13-15H,2-4,9-10H2,1H3,(H,20,21). The van der Waals surface area contributed by atoms with Crippen LogP contribution in [0, 0.1) is 11.8 Å². The molecule has 2 aliphatic rings. The largest absolute Gasteiger partial charge is 0.494 e. The molecule has 1 aliphatic heterocycles. The molecule has 1 aliphatic carbocycles. The first-order chi connectivity index (χ1) is 10.6. The predicted molar refractivity (Wildman–Crippen MR) is 80.5 cm³/mol. The number of carbonyl (C=O) groups is 2. The lowest BCUT2D eigenvalue weighted by Gasteiger charge is -2.25. The highest BCUT2D eigenvalue weighted by molar-refractivity contribution is 5.89. The van der Waals surface area contributed by atoms with E-state index in [4.69, 9.17) is 9.84 Å². The average Bonchev–Trinajstić information content (AvgIpc) is 3.18. The molecule has 2 fully saturated rings. The Morgan fingerprint density at radius 1 is 1.27 bits per heavy atom. The maximum Gasteiger partial charge on any atom is 0.307 e. The van der Waals surface area contributed by atoms with Crippen LogP contribution in [-0.4, -0.2) is 35.0 Å². The molecule has 1 saturated heterocycles. The Morgan fingerprint density at radius 3 is 2.59 bits per heavy atom. The summed E-state index contributed by atoms with van der Waals surface area (Å²) in [6.07, 6.45) is 2.39. The molecule has 1 aromatic rings. The van der Waals surface area contributed by atoms with Gasteiger partial charge in [-0.15, -0.1) is 0 Å². The highest BCUT2D eigenvalue weighted by Crippen LogP contribution is 2.43. The van der Waals surface area contributed by atoms with Gasteiger partial charge < -0.3 is 14.7 Å². The smallest absolute Gasteiger partial charge is 0.307 e. The molecule has 0 bridgehead atoms. The molecule has 118 valence electrons. The number of carboxylic acid groups (broad SMARTS) is 1. The maximum absolute atomic E-state index is 12.5. The lowest BCUT2D eigenvalue weighted by Crippen LogP contribution is -2.32. The lowest BCUT2D eigenvalue weighted by molar-refractivity contribution is -0.142. The van der Waals surface area contributed by atoms with E-state index in [2.05, 4.69) is 0 Å². The van der Waals surface area contributed by atoms with Gasteiger partial charge in [0.05, 0.1) is 24.5 Å². The molecule has 1 amide bonds. The molecule has 3 atom stereocenters. The Morgan fingerprint density at radius 2 is 2.00 bits per heavy atom. The second kappa shape index (κ2) is 5.99. The Bertz CT molecular complexity index is 569. The second-order valence-corrected chi connectivity index (χ2v) is 5.98. The molecule has 5 heteroatoms. The van der Waals surface area contributed by atoms with Crippen LogP contribution < -0.4 is 4.74 Å². The molecule has 1 N–H and O–H groups in total. The van der Waals surface area contributed by atoms with Crippen molar-refractivity contribution < 1.29 is 19.4 Å². The Balaban J connectivity index is 1.70. The summed E-state index contributed by atoms with van der Waals surface area (Å²) in [6.45, 7) is 3.30. The van der Waals surface area contributed by atoms with E-state index < -0.39 is 11.9 Å². The van der Waals surface area contributed by atoms with Gasteiger partial charge in [-0.2, -0.15) is 0 Å². The predicted octanol–water partition coefficient (Wildman–Crippen LogP) is 2.47. The molecule has 22 heavy (non-hydrogen) atoms. The van der Waals surface area contributed by atoms with Crippen molar-refractivity contribution in [2.75, 3.05) is 13.2 Å². The van der Waals surface area contributed by atoms with Gasteiger partial charge in [0.25, 0.3) is 0 Å². The first kappa shape index (κ1) is 14.9. The molecular weight excluding hydrogens is 282 g/mol. The summed E-state index contributed by atoms with van der Waals surface area (Å²) in [5, 5.41) is 8.99. The van der Waals surface area contributed by atoms with E-state index in [-0.39, 0.29) is 17.9 Å². The van der Waals surface area contributed by atoms with Gasteiger partial charge in [0.2, 0.25) is 5.91 Å². The van der Waals surface area contributed by atoms with Gasteiger partial charge in [-0.1, -0.05) is 12.1 Å². The van der Waals surface area contributed by atoms with Gasteiger partial charge >= 0.3 is 5.97 Å². The number of nitrogens with zero attached hydrogens (tertiary/aromatic N) is 1. The third-order valence-electron chi connectivity index (χ3n) is 4.54. The van der Waals surface area contributed by atoms with Crippen LogP contribution in [0.1, 0.15) is 37.8 Å². The zero-order valence-corrected chi connectivity index (χ0v) is 12.7. The number of benzene rings is 1. The van der Waals surface area contributed by atoms with Crippen LogP contribution >= 0.6 is 0 Å². The number of aliphatic carboxylic acids is 1. The SMILES string of the molecule is CCOc1ccc(C2CCCN2C(=O)C2CC2C(=O)O)cc1. The van der Waals surface area contributed by atoms with Crippen LogP contribution in [0.15, 0.2) is 24.3 Å². The first-order valence-corrected chi connectivity index (χ1v) is 7.88. The molecular formula is C17H21NO4. The number of hydrogen-bond donors (Lipinski definition) is 1. The molecule has 3 unspecified atom stereocenters. The van der Waals surface area contributed by atoms with Gasteiger partial charge in [0.15, 0.2) is 0 Å². The van der Waals surface area contributed by atoms with E-state index in [1.807, 2.05) is 36.1 Å². The third-order valence-corrected chi connectivity index (χ3v) is 4.54. The summed E-state index contributed by atoms with van der Waals surface area (Å²) >= 11 is 0. The summed E-state index contributed by atoms with van der Waals surface area (Å²) in [5.74, 6) is -0.816. The van der Waals surface area contributed by atoms with Crippen molar-refractivity contribution in [1.29, 1.82) is 0 Å². The van der Waals surface area contributed by atoms with Gasteiger partial charge in [0, 0.05) is 6.54 Å². The van der Waals surface area contributed by atoms with Crippen molar-refractivity contribution >= 4 is 11.9 Å². The summed E-state index contributed by atoms with van der Waals surface area (Å²) in [7, 11) is 0. The van der Waals surface area contributed by atoms with E-state index in [1.165, 1.54) is 0 Å². The number of ether oxygens (including phenoxy) is 1. The van der Waals surface area contributed by atoms with Crippen molar-refractivity contribution in [3.63, 3.8) is 0 Å². The number of rotatable bonds is 5. The zero-order chi connectivity index (χ0) is 15.7. The molecule has 1 saturated carbocycles. The van der Waals surface area contributed by atoms with Crippen LogP contribution in [0.25, 0.3) is 0 Å². The number of carboxylic acids is 1. The molecule has 0 aromatic heterocycles. The number of amides is 1. The maximum atomic E-state index is 12.5. The molecule has 5 nitrogen and oxygen atoms in total. The monoisotopic (exact) mass is 303 g/mol. The highest BCUT2D eigenvalue weighted by Gasteiger charge is 2.51. The fraction of sp³-hybridized carbons (Fsp3) is 0.529. The van der Waals surface area contributed by atoms with Crippen LogP contribution in [0.5, 0.6) is 5.75 Å². The van der Waals surface area contributed by atoms with Crippen LogP contribution in [0.3, 0.4) is 0 Å². The molecule has 0 radical (unpaired) electrons. The van der Waals surface area contributed by atoms with Crippen molar-refractivity contribution in [1.82, 2.24) is 4.90 Å². The molecule has 1 aromatic carbocycles. The minimum Gasteiger partial charge on any atom is -0.494 e. The van der Waals surface area contributed by atoms with Gasteiger partial charge in [-0.3, -0.25) is 9.59 Å². The number of hydrogen-bond acceptors (Lipinski definition) is 3. The zero-order valence-electron chi connectivity index (χ0n) is 12.7. The van der Waals surface area contributed by atoms with E-state index >= 15 is 0 Å². The Hall–Kier alpha value is -2.04. The molecule has 1 heterocycles. The summed E-state index contributed by atoms with van der Waals surface area (Å²) < 4.78 is 5.44. The van der Waals surface area contributed by atoms with Crippen molar-refractivity contribution in [2.24, 2.45) is 11.8 Å². The fourth-order valence-electron chi connectivity index (χ4n) is 3.28. The Labute approximate surface area is 129 Å². The van der Waals surface area contributed by atoms with E-state index in [9.17, 15) is 9.59 Å². The van der Waals surface area contributed by atoms with Gasteiger partial charge in [0.1, 0.15) is 5.75 Å². The Kier molecular flexibility index (Phi) is 4.05. The lowest BCUT2D eigenvalue weighted by atomic mass is 10.0. The van der Waals surface area contributed by atoms with Crippen LogP contribution in [0.2, 0.25) is 0 Å². The number of likely N-dealkylation sites (tertiary alicyclic amines) is 1. The summed E-state index contributed by atoms with van der Waals surface area (Å²) in [6, 6.07) is 7.93. The van der Waals surface area contributed by atoms with Crippen molar-refractivity contribution in [2.45, 2.75) is 32.2 Å². The first-order valence-electron chi connectivity index (χ1n) is 7.88. The normalized spacial score (nSPS) is 26.8. The number of carbonyl (C=O) groups excluding carboxylic acids is 1. The topological polar surface area (TPSA) is 66.8 Å². The average molecular weight is 303 g/mol. The van der Waals surface area contributed by atoms with Crippen molar-refractivity contribution in [3.8, 4) is 5.75 Å². The minimum atomic E-state index is -0.852. The van der Waals surface area contributed by atoms with Crippen LogP contribution in [0.4, 0.5) is 0 Å². The van der Waals surface area contributed by atoms with Crippen molar-refractivity contribution in [3.05, 3.63) is 29.8 Å². The highest BCUT2D eigenvalue weighted by atomic mass is 16.5. The quantitative estimate of drug-likeness (QED) is 0.907.